The first kappa shape index (κ1) is 26.1. The molecule has 0 aliphatic heterocycles. The lowest BCUT2D eigenvalue weighted by atomic mass is 10.1. The van der Waals surface area contributed by atoms with Crippen LogP contribution in [0.1, 0.15) is 36.6 Å². The van der Waals surface area contributed by atoms with Crippen LogP contribution in [0.4, 0.5) is 5.69 Å². The molecule has 0 aliphatic carbocycles. The zero-order chi connectivity index (χ0) is 25.6. The van der Waals surface area contributed by atoms with Crippen LogP contribution in [-0.4, -0.2) is 35.1 Å². The Labute approximate surface area is 207 Å². The summed E-state index contributed by atoms with van der Waals surface area (Å²) in [6, 6.07) is 18.9. The third-order valence-corrected chi connectivity index (χ3v) is 7.60. The second-order valence-corrected chi connectivity index (χ2v) is 10.1. The maximum atomic E-state index is 13.7. The first-order valence-corrected chi connectivity index (χ1v) is 12.8. The van der Waals surface area contributed by atoms with Crippen molar-refractivity contribution in [2.45, 2.75) is 38.1 Å². The molecule has 1 atom stereocenters. The number of nitrogens with zero attached hydrogens (tertiary/aromatic N) is 1. The third kappa shape index (κ3) is 5.95. The Morgan fingerprint density at radius 2 is 1.63 bits per heavy atom. The van der Waals surface area contributed by atoms with Gasteiger partial charge in [0.2, 0.25) is 5.91 Å². The standard InChI is InChI=1S/C27H32N2O5S/c1-6-21-9-7-8-10-24(21)29(35(31,32)23-14-11-19(2)12-15-23)18-27(30)28-20(3)22-13-16-25(33-4)26(17-22)34-5/h7-17,20H,6,18H2,1-5H3,(H,28,30)/t20-/m0/s1. The van der Waals surface area contributed by atoms with Crippen molar-refractivity contribution < 1.29 is 22.7 Å². The monoisotopic (exact) mass is 496 g/mol. The van der Waals surface area contributed by atoms with Crippen LogP contribution in [0.5, 0.6) is 11.5 Å². The predicted octanol–water partition coefficient (Wildman–Crippen LogP) is 4.65. The van der Waals surface area contributed by atoms with Crippen LogP contribution in [0.3, 0.4) is 0 Å². The quantitative estimate of drug-likeness (QED) is 0.442. The molecule has 0 saturated carbocycles. The SMILES string of the molecule is CCc1ccccc1N(CC(=O)N[C@@H](C)c1ccc(OC)c(OC)c1)S(=O)(=O)c1ccc(C)cc1. The van der Waals surface area contributed by atoms with E-state index in [1.807, 2.05) is 39.0 Å². The summed E-state index contributed by atoms with van der Waals surface area (Å²) in [6.45, 7) is 5.32. The van der Waals surface area contributed by atoms with E-state index in [-0.39, 0.29) is 17.5 Å². The van der Waals surface area contributed by atoms with Crippen molar-refractivity contribution in [1.29, 1.82) is 0 Å². The average molecular weight is 497 g/mol. The maximum Gasteiger partial charge on any atom is 0.264 e. The summed E-state index contributed by atoms with van der Waals surface area (Å²) < 4.78 is 39.2. The van der Waals surface area contributed by atoms with Gasteiger partial charge in [-0.2, -0.15) is 0 Å². The van der Waals surface area contributed by atoms with E-state index in [4.69, 9.17) is 9.47 Å². The van der Waals surface area contributed by atoms with E-state index in [1.165, 1.54) is 4.31 Å². The van der Waals surface area contributed by atoms with Crippen molar-refractivity contribution >= 4 is 21.6 Å². The number of amides is 1. The highest BCUT2D eigenvalue weighted by atomic mass is 32.2. The first-order valence-electron chi connectivity index (χ1n) is 11.4. The van der Waals surface area contributed by atoms with Gasteiger partial charge in [0, 0.05) is 0 Å². The molecule has 0 aromatic heterocycles. The molecule has 1 amide bonds. The molecule has 0 fully saturated rings. The highest BCUT2D eigenvalue weighted by Crippen LogP contribution is 2.30. The van der Waals surface area contributed by atoms with Crippen molar-refractivity contribution in [3.05, 3.63) is 83.4 Å². The number of hydrogen-bond donors (Lipinski definition) is 1. The Morgan fingerprint density at radius 1 is 0.971 bits per heavy atom. The molecule has 3 aromatic carbocycles. The minimum Gasteiger partial charge on any atom is -0.493 e. The Morgan fingerprint density at radius 3 is 2.26 bits per heavy atom. The van der Waals surface area contributed by atoms with Gasteiger partial charge in [-0.15, -0.1) is 0 Å². The van der Waals surface area contributed by atoms with Gasteiger partial charge in [-0.3, -0.25) is 9.10 Å². The molecule has 0 radical (unpaired) electrons. The predicted molar refractivity (Wildman–Crippen MR) is 138 cm³/mol. The third-order valence-electron chi connectivity index (χ3n) is 5.82. The largest absolute Gasteiger partial charge is 0.493 e. The van der Waals surface area contributed by atoms with Gasteiger partial charge in [0.05, 0.1) is 30.8 Å². The molecule has 3 rings (SSSR count). The van der Waals surface area contributed by atoms with Crippen LogP contribution in [0, 0.1) is 6.92 Å². The van der Waals surface area contributed by atoms with Crippen LogP contribution in [0.2, 0.25) is 0 Å². The summed E-state index contributed by atoms with van der Waals surface area (Å²) in [4.78, 5) is 13.3. The smallest absolute Gasteiger partial charge is 0.264 e. The summed E-state index contributed by atoms with van der Waals surface area (Å²) in [6.07, 6.45) is 0.625. The number of para-hydroxylation sites is 1. The molecule has 35 heavy (non-hydrogen) atoms. The van der Waals surface area contributed by atoms with Crippen molar-refractivity contribution in [1.82, 2.24) is 5.32 Å². The normalized spacial score (nSPS) is 12.0. The number of rotatable bonds is 10. The molecule has 0 heterocycles. The first-order chi connectivity index (χ1) is 16.7. The second kappa shape index (κ2) is 11.3. The van der Waals surface area contributed by atoms with E-state index >= 15 is 0 Å². The molecule has 0 bridgehead atoms. The van der Waals surface area contributed by atoms with Gasteiger partial charge in [-0.25, -0.2) is 8.42 Å². The highest BCUT2D eigenvalue weighted by molar-refractivity contribution is 7.92. The van der Waals surface area contributed by atoms with Gasteiger partial charge in [-0.1, -0.05) is 48.9 Å². The second-order valence-electron chi connectivity index (χ2n) is 8.21. The van der Waals surface area contributed by atoms with Gasteiger partial charge in [-0.05, 0) is 61.7 Å². The fourth-order valence-electron chi connectivity index (χ4n) is 3.81. The summed E-state index contributed by atoms with van der Waals surface area (Å²) in [5.41, 5.74) is 3.08. The van der Waals surface area contributed by atoms with E-state index in [1.54, 1.807) is 62.8 Å². The number of anilines is 1. The van der Waals surface area contributed by atoms with Crippen molar-refractivity contribution in [3.63, 3.8) is 0 Å². The zero-order valence-electron chi connectivity index (χ0n) is 20.7. The van der Waals surface area contributed by atoms with Crippen molar-refractivity contribution in [2.75, 3.05) is 25.1 Å². The van der Waals surface area contributed by atoms with Crippen LogP contribution in [0.15, 0.2) is 71.6 Å². The topological polar surface area (TPSA) is 84.9 Å². The van der Waals surface area contributed by atoms with Crippen LogP contribution in [0.25, 0.3) is 0 Å². The molecule has 0 spiro atoms. The van der Waals surface area contributed by atoms with E-state index in [0.717, 1.165) is 16.7 Å². The van der Waals surface area contributed by atoms with E-state index in [9.17, 15) is 13.2 Å². The Kier molecular flexibility index (Phi) is 8.40. The molecule has 186 valence electrons. The number of carbonyl (C=O) groups is 1. The van der Waals surface area contributed by atoms with Gasteiger partial charge in [0.25, 0.3) is 10.0 Å². The van der Waals surface area contributed by atoms with E-state index in [0.29, 0.717) is 23.6 Å². The van der Waals surface area contributed by atoms with Crippen LogP contribution < -0.4 is 19.1 Å². The van der Waals surface area contributed by atoms with E-state index < -0.39 is 15.9 Å². The van der Waals surface area contributed by atoms with Gasteiger partial charge >= 0.3 is 0 Å². The van der Waals surface area contributed by atoms with Crippen molar-refractivity contribution in [3.8, 4) is 11.5 Å². The summed E-state index contributed by atoms with van der Waals surface area (Å²) in [5.74, 6) is 0.710. The number of carbonyl (C=O) groups excluding carboxylic acids is 1. The summed E-state index contributed by atoms with van der Waals surface area (Å²) in [7, 11) is -0.882. The zero-order valence-corrected chi connectivity index (χ0v) is 21.6. The van der Waals surface area contributed by atoms with Gasteiger partial charge in [0.1, 0.15) is 6.54 Å². The number of nitrogens with one attached hydrogen (secondary N) is 1. The molecule has 1 N–H and O–H groups in total. The summed E-state index contributed by atoms with van der Waals surface area (Å²) in [5, 5.41) is 2.91. The molecule has 3 aromatic rings. The lowest BCUT2D eigenvalue weighted by Crippen LogP contribution is -2.42. The molecule has 0 aliphatic rings. The van der Waals surface area contributed by atoms with Crippen LogP contribution in [-0.2, 0) is 21.2 Å². The fourth-order valence-corrected chi connectivity index (χ4v) is 5.27. The Hall–Kier alpha value is -3.52. The molecule has 0 unspecified atom stereocenters. The maximum absolute atomic E-state index is 13.7. The van der Waals surface area contributed by atoms with Gasteiger partial charge in [0.15, 0.2) is 11.5 Å². The van der Waals surface area contributed by atoms with Crippen LogP contribution >= 0.6 is 0 Å². The number of aryl methyl sites for hydroxylation is 2. The molecular weight excluding hydrogens is 464 g/mol. The van der Waals surface area contributed by atoms with Crippen molar-refractivity contribution in [2.24, 2.45) is 0 Å². The molecule has 0 saturated heterocycles. The molecule has 8 heteroatoms. The van der Waals surface area contributed by atoms with E-state index in [2.05, 4.69) is 5.32 Å². The average Bonchev–Trinajstić information content (AvgIpc) is 2.86. The summed E-state index contributed by atoms with van der Waals surface area (Å²) >= 11 is 0. The minimum atomic E-state index is -3.98. The number of hydrogen-bond acceptors (Lipinski definition) is 5. The lowest BCUT2D eigenvalue weighted by Gasteiger charge is -2.27. The molecular formula is C27H32N2O5S. The number of methoxy groups -OCH3 is 2. The lowest BCUT2D eigenvalue weighted by molar-refractivity contribution is -0.120. The Balaban J connectivity index is 1.92. The minimum absolute atomic E-state index is 0.134. The Bertz CT molecular complexity index is 1270. The van der Waals surface area contributed by atoms with Gasteiger partial charge < -0.3 is 14.8 Å². The number of ether oxygens (including phenoxy) is 2. The highest BCUT2D eigenvalue weighted by Gasteiger charge is 2.29. The number of benzene rings is 3. The fraction of sp³-hybridized carbons (Fsp3) is 0.296. The number of sulfonamides is 1. The molecule has 7 nitrogen and oxygen atoms in total.